The molecule has 1 aromatic carbocycles. The SMILES string of the molecule is CC1CCCC(NCCN2CCc3ccccc32)C1. The van der Waals surface area contributed by atoms with E-state index in [1.54, 1.807) is 0 Å². The standard InChI is InChI=1S/C17H26N2/c1-14-5-4-7-16(13-14)18-10-12-19-11-9-15-6-2-3-8-17(15)19/h2-3,6,8,14,16,18H,4-5,7,9-13H2,1H3. The summed E-state index contributed by atoms with van der Waals surface area (Å²) in [6, 6.07) is 9.62. The molecule has 104 valence electrons. The zero-order valence-corrected chi connectivity index (χ0v) is 12.1. The second kappa shape index (κ2) is 5.96. The molecule has 2 aliphatic rings. The molecule has 2 nitrogen and oxygen atoms in total. The van der Waals surface area contributed by atoms with E-state index in [0.29, 0.717) is 0 Å². The van der Waals surface area contributed by atoms with Crippen LogP contribution in [0.3, 0.4) is 0 Å². The average Bonchev–Trinajstić information content (AvgIpc) is 2.83. The van der Waals surface area contributed by atoms with Gasteiger partial charge in [-0.2, -0.15) is 0 Å². The molecule has 0 amide bonds. The van der Waals surface area contributed by atoms with Crippen LogP contribution in [0.1, 0.15) is 38.2 Å². The highest BCUT2D eigenvalue weighted by atomic mass is 15.2. The highest BCUT2D eigenvalue weighted by Gasteiger charge is 2.20. The minimum absolute atomic E-state index is 0.765. The predicted octanol–water partition coefficient (Wildman–Crippen LogP) is 3.22. The smallest absolute Gasteiger partial charge is 0.0399 e. The van der Waals surface area contributed by atoms with Crippen LogP contribution < -0.4 is 10.2 Å². The molecule has 2 atom stereocenters. The first kappa shape index (κ1) is 13.0. The second-order valence-electron chi connectivity index (χ2n) is 6.29. The fourth-order valence-electron chi connectivity index (χ4n) is 3.66. The van der Waals surface area contributed by atoms with E-state index in [2.05, 4.69) is 41.4 Å². The van der Waals surface area contributed by atoms with E-state index < -0.39 is 0 Å². The van der Waals surface area contributed by atoms with Crippen LogP contribution in [0.25, 0.3) is 0 Å². The van der Waals surface area contributed by atoms with Crippen molar-refractivity contribution in [2.75, 3.05) is 24.5 Å². The zero-order valence-electron chi connectivity index (χ0n) is 12.1. The summed E-state index contributed by atoms with van der Waals surface area (Å²) in [7, 11) is 0. The van der Waals surface area contributed by atoms with Crippen LogP contribution in [0.5, 0.6) is 0 Å². The Hall–Kier alpha value is -1.02. The van der Waals surface area contributed by atoms with Gasteiger partial charge in [-0.05, 0) is 36.8 Å². The number of para-hydroxylation sites is 1. The van der Waals surface area contributed by atoms with Crippen molar-refractivity contribution in [3.05, 3.63) is 29.8 Å². The fourth-order valence-corrected chi connectivity index (χ4v) is 3.66. The summed E-state index contributed by atoms with van der Waals surface area (Å²) < 4.78 is 0. The Labute approximate surface area is 117 Å². The third-order valence-corrected chi connectivity index (χ3v) is 4.73. The lowest BCUT2D eigenvalue weighted by Gasteiger charge is -2.28. The van der Waals surface area contributed by atoms with Gasteiger partial charge in [-0.15, -0.1) is 0 Å². The normalized spacial score (nSPS) is 26.5. The van der Waals surface area contributed by atoms with Crippen molar-refractivity contribution in [3.8, 4) is 0 Å². The van der Waals surface area contributed by atoms with Crippen molar-refractivity contribution >= 4 is 5.69 Å². The molecular weight excluding hydrogens is 232 g/mol. The fraction of sp³-hybridized carbons (Fsp3) is 0.647. The summed E-state index contributed by atoms with van der Waals surface area (Å²) in [6.07, 6.45) is 6.80. The van der Waals surface area contributed by atoms with E-state index in [1.807, 2.05) is 0 Å². The second-order valence-corrected chi connectivity index (χ2v) is 6.29. The van der Waals surface area contributed by atoms with Crippen LogP contribution in [-0.4, -0.2) is 25.7 Å². The van der Waals surface area contributed by atoms with Crippen LogP contribution in [0.15, 0.2) is 24.3 Å². The number of rotatable bonds is 4. The molecule has 1 heterocycles. The summed E-state index contributed by atoms with van der Waals surface area (Å²) >= 11 is 0. The van der Waals surface area contributed by atoms with E-state index >= 15 is 0 Å². The summed E-state index contributed by atoms with van der Waals surface area (Å²) in [5.74, 6) is 0.916. The lowest BCUT2D eigenvalue weighted by atomic mass is 9.87. The average molecular weight is 258 g/mol. The van der Waals surface area contributed by atoms with E-state index in [0.717, 1.165) is 25.0 Å². The van der Waals surface area contributed by atoms with E-state index in [4.69, 9.17) is 0 Å². The number of benzene rings is 1. The molecule has 3 rings (SSSR count). The van der Waals surface area contributed by atoms with Crippen molar-refractivity contribution in [2.24, 2.45) is 5.92 Å². The maximum atomic E-state index is 3.77. The Bertz CT molecular complexity index is 415. The first-order chi connectivity index (χ1) is 9.33. The van der Waals surface area contributed by atoms with Gasteiger partial charge in [-0.3, -0.25) is 0 Å². The minimum atomic E-state index is 0.765. The third kappa shape index (κ3) is 3.11. The number of hydrogen-bond acceptors (Lipinski definition) is 2. The Kier molecular flexibility index (Phi) is 4.07. The Morgan fingerprint density at radius 2 is 2.16 bits per heavy atom. The van der Waals surface area contributed by atoms with Gasteiger partial charge in [-0.25, -0.2) is 0 Å². The van der Waals surface area contributed by atoms with E-state index in [9.17, 15) is 0 Å². The summed E-state index contributed by atoms with van der Waals surface area (Å²) in [4.78, 5) is 2.54. The Morgan fingerprint density at radius 1 is 1.26 bits per heavy atom. The van der Waals surface area contributed by atoms with Crippen molar-refractivity contribution in [1.29, 1.82) is 0 Å². The minimum Gasteiger partial charge on any atom is -0.370 e. The summed E-state index contributed by atoms with van der Waals surface area (Å²) in [6.45, 7) is 5.88. The van der Waals surface area contributed by atoms with Crippen LogP contribution in [0.2, 0.25) is 0 Å². The largest absolute Gasteiger partial charge is 0.370 e. The summed E-state index contributed by atoms with van der Waals surface area (Å²) in [5, 5.41) is 3.77. The van der Waals surface area contributed by atoms with Crippen molar-refractivity contribution in [2.45, 2.75) is 45.1 Å². The van der Waals surface area contributed by atoms with Gasteiger partial charge in [0.1, 0.15) is 0 Å². The van der Waals surface area contributed by atoms with Gasteiger partial charge in [-0.1, -0.05) is 38.0 Å². The first-order valence-corrected chi connectivity index (χ1v) is 7.89. The van der Waals surface area contributed by atoms with Crippen LogP contribution in [0.4, 0.5) is 5.69 Å². The first-order valence-electron chi connectivity index (χ1n) is 7.89. The van der Waals surface area contributed by atoms with Crippen LogP contribution >= 0.6 is 0 Å². The molecule has 1 fully saturated rings. The van der Waals surface area contributed by atoms with Gasteiger partial charge < -0.3 is 10.2 Å². The number of hydrogen-bond donors (Lipinski definition) is 1. The maximum absolute atomic E-state index is 3.77. The molecule has 0 radical (unpaired) electrons. The van der Waals surface area contributed by atoms with E-state index in [1.165, 1.54) is 49.9 Å². The van der Waals surface area contributed by atoms with Gasteiger partial charge in [0.25, 0.3) is 0 Å². The molecular formula is C17H26N2. The predicted molar refractivity (Wildman–Crippen MR) is 81.8 cm³/mol. The highest BCUT2D eigenvalue weighted by molar-refractivity contribution is 5.57. The van der Waals surface area contributed by atoms with Gasteiger partial charge in [0.05, 0.1) is 0 Å². The molecule has 1 N–H and O–H groups in total. The Morgan fingerprint density at radius 3 is 3.05 bits per heavy atom. The lowest BCUT2D eigenvalue weighted by Crippen LogP contribution is -2.39. The number of fused-ring (bicyclic) bond motifs is 1. The molecule has 0 aromatic heterocycles. The number of nitrogens with one attached hydrogen (secondary N) is 1. The van der Waals surface area contributed by atoms with E-state index in [-0.39, 0.29) is 0 Å². The molecule has 19 heavy (non-hydrogen) atoms. The maximum Gasteiger partial charge on any atom is 0.0399 e. The van der Waals surface area contributed by atoms with Crippen LogP contribution in [0, 0.1) is 5.92 Å². The quantitative estimate of drug-likeness (QED) is 0.892. The molecule has 1 aromatic rings. The van der Waals surface area contributed by atoms with Crippen molar-refractivity contribution < 1.29 is 0 Å². The molecule has 0 bridgehead atoms. The molecule has 1 aliphatic carbocycles. The van der Waals surface area contributed by atoms with Gasteiger partial charge in [0.2, 0.25) is 0 Å². The zero-order chi connectivity index (χ0) is 13.1. The topological polar surface area (TPSA) is 15.3 Å². The van der Waals surface area contributed by atoms with Gasteiger partial charge >= 0.3 is 0 Å². The highest BCUT2D eigenvalue weighted by Crippen LogP contribution is 2.27. The summed E-state index contributed by atoms with van der Waals surface area (Å²) in [5.41, 5.74) is 2.98. The van der Waals surface area contributed by atoms with Crippen molar-refractivity contribution in [3.63, 3.8) is 0 Å². The molecule has 0 saturated heterocycles. The molecule has 2 heteroatoms. The van der Waals surface area contributed by atoms with Crippen LogP contribution in [-0.2, 0) is 6.42 Å². The molecule has 0 spiro atoms. The van der Waals surface area contributed by atoms with Crippen molar-refractivity contribution in [1.82, 2.24) is 5.32 Å². The van der Waals surface area contributed by atoms with Gasteiger partial charge in [0, 0.05) is 31.4 Å². The number of nitrogens with zero attached hydrogens (tertiary/aromatic N) is 1. The monoisotopic (exact) mass is 258 g/mol. The third-order valence-electron chi connectivity index (χ3n) is 4.73. The lowest BCUT2D eigenvalue weighted by molar-refractivity contribution is 0.303. The Balaban J connectivity index is 1.46. The molecule has 1 saturated carbocycles. The number of anilines is 1. The molecule has 1 aliphatic heterocycles. The van der Waals surface area contributed by atoms with Gasteiger partial charge in [0.15, 0.2) is 0 Å². The molecule has 2 unspecified atom stereocenters.